The average Bonchev–Trinajstić information content (AvgIpc) is 3.15. The van der Waals surface area contributed by atoms with E-state index in [4.69, 9.17) is 28.9 Å². The molecule has 0 aliphatic heterocycles. The van der Waals surface area contributed by atoms with Gasteiger partial charge in [0.1, 0.15) is 11.9 Å². The fourth-order valence-corrected chi connectivity index (χ4v) is 4.21. The van der Waals surface area contributed by atoms with Gasteiger partial charge in [-0.2, -0.15) is 10.4 Å². The highest BCUT2D eigenvalue weighted by Gasteiger charge is 2.21. The minimum atomic E-state index is 0.473. The van der Waals surface area contributed by atoms with Gasteiger partial charge >= 0.3 is 0 Å². The molecule has 0 bridgehead atoms. The molecule has 0 aliphatic rings. The van der Waals surface area contributed by atoms with E-state index in [1.54, 1.807) is 16.6 Å². The summed E-state index contributed by atoms with van der Waals surface area (Å²) in [4.78, 5) is 0.817. The van der Waals surface area contributed by atoms with E-state index in [1.807, 2.05) is 48.7 Å². The zero-order valence-corrected chi connectivity index (χ0v) is 17.1. The molecule has 0 unspecified atom stereocenters. The van der Waals surface area contributed by atoms with E-state index in [-0.39, 0.29) is 0 Å². The van der Waals surface area contributed by atoms with Crippen LogP contribution >= 0.6 is 35.0 Å². The van der Waals surface area contributed by atoms with Gasteiger partial charge in [-0.25, -0.2) is 4.52 Å². The van der Waals surface area contributed by atoms with Crippen LogP contribution in [0, 0.1) is 11.3 Å². The molecular weight excluding hydrogens is 411 g/mol. The normalized spacial score (nSPS) is 10.9. The van der Waals surface area contributed by atoms with Gasteiger partial charge in [0.15, 0.2) is 0 Å². The quantitative estimate of drug-likeness (QED) is 0.400. The summed E-state index contributed by atoms with van der Waals surface area (Å²) in [5, 5.41) is 15.8. The highest BCUT2D eigenvalue weighted by atomic mass is 35.5. The van der Waals surface area contributed by atoms with Crippen LogP contribution in [0.15, 0.2) is 59.5 Å². The Kier molecular flexibility index (Phi) is 4.94. The maximum atomic E-state index is 9.89. The third kappa shape index (κ3) is 3.10. The van der Waals surface area contributed by atoms with Crippen molar-refractivity contribution in [3.05, 3.63) is 70.2 Å². The summed E-state index contributed by atoms with van der Waals surface area (Å²) in [6.07, 6.45) is 1.93. The largest absolute Gasteiger partial charge is 0.383 e. The van der Waals surface area contributed by atoms with Crippen molar-refractivity contribution >= 4 is 46.3 Å². The van der Waals surface area contributed by atoms with Crippen LogP contribution in [0.3, 0.4) is 0 Å². The number of nitrogens with zero attached hydrogens (tertiary/aromatic N) is 3. The first-order chi connectivity index (χ1) is 13.5. The highest BCUT2D eigenvalue weighted by molar-refractivity contribution is 7.98. The zero-order valence-electron chi connectivity index (χ0n) is 14.8. The molecule has 2 aromatic carbocycles. The molecule has 2 aromatic heterocycles. The maximum absolute atomic E-state index is 9.89. The Balaban J connectivity index is 2.03. The summed E-state index contributed by atoms with van der Waals surface area (Å²) in [6, 6.07) is 19.0. The van der Waals surface area contributed by atoms with Gasteiger partial charge in [-0.3, -0.25) is 0 Å². The van der Waals surface area contributed by atoms with Crippen molar-refractivity contribution in [2.75, 3.05) is 12.0 Å². The van der Waals surface area contributed by atoms with Crippen LogP contribution in [0.25, 0.3) is 27.9 Å². The van der Waals surface area contributed by atoms with Crippen molar-refractivity contribution < 1.29 is 0 Å². The Bertz CT molecular complexity index is 1220. The first kappa shape index (κ1) is 18.7. The number of benzene rings is 2. The monoisotopic (exact) mass is 424 g/mol. The predicted molar refractivity (Wildman–Crippen MR) is 117 cm³/mol. The second kappa shape index (κ2) is 7.40. The molecule has 4 rings (SSSR count). The summed E-state index contributed by atoms with van der Waals surface area (Å²) in [7, 11) is 0. The van der Waals surface area contributed by atoms with E-state index >= 15 is 0 Å². The van der Waals surface area contributed by atoms with Gasteiger partial charge < -0.3 is 5.73 Å². The Labute approximate surface area is 176 Å². The first-order valence-electron chi connectivity index (χ1n) is 8.34. The Morgan fingerprint density at radius 3 is 2.11 bits per heavy atom. The number of aromatic nitrogens is 2. The number of nitriles is 1. The Hall–Kier alpha value is -2.65. The molecule has 0 fully saturated rings. The Morgan fingerprint density at radius 1 is 1.00 bits per heavy atom. The third-order valence-corrected chi connectivity index (χ3v) is 5.81. The lowest BCUT2D eigenvalue weighted by atomic mass is 10.0. The van der Waals surface area contributed by atoms with Gasteiger partial charge in [0.25, 0.3) is 0 Å². The highest BCUT2D eigenvalue weighted by Crippen LogP contribution is 2.40. The molecule has 2 N–H and O–H groups in total. The second-order valence-corrected chi connectivity index (χ2v) is 7.81. The van der Waals surface area contributed by atoms with E-state index in [0.29, 0.717) is 26.9 Å². The van der Waals surface area contributed by atoms with Crippen molar-refractivity contribution in [3.63, 3.8) is 0 Å². The molecule has 2 heterocycles. The van der Waals surface area contributed by atoms with Crippen LogP contribution in [-0.4, -0.2) is 15.9 Å². The molecule has 0 radical (unpaired) electrons. The minimum absolute atomic E-state index is 0.473. The molecule has 28 heavy (non-hydrogen) atoms. The molecule has 7 heteroatoms. The van der Waals surface area contributed by atoms with Crippen LogP contribution in [0.2, 0.25) is 10.0 Å². The SMILES string of the molecule is CSc1c(-c2ccc(Cl)cc2)c(N)n2nc(-c3ccc(Cl)cc3)cc2c1C#N. The van der Waals surface area contributed by atoms with Crippen molar-refractivity contribution in [3.8, 4) is 28.5 Å². The molecule has 0 amide bonds. The topological polar surface area (TPSA) is 67.1 Å². The number of hydrogen-bond acceptors (Lipinski definition) is 4. The predicted octanol–water partition coefficient (Wildman–Crippen LogP) is 6.15. The van der Waals surface area contributed by atoms with E-state index < -0.39 is 0 Å². The number of rotatable bonds is 3. The number of anilines is 1. The standard InChI is InChI=1S/C21H14Cl2N4S/c1-28-20-16(11-24)18-10-17(12-2-6-14(22)7-3-12)26-27(18)21(25)19(20)13-4-8-15(23)9-5-13/h2-10H,25H2,1H3. The number of thioether (sulfide) groups is 1. The average molecular weight is 425 g/mol. The molecule has 0 spiro atoms. The molecule has 0 aliphatic carbocycles. The lowest BCUT2D eigenvalue weighted by Crippen LogP contribution is -2.05. The minimum Gasteiger partial charge on any atom is -0.383 e. The van der Waals surface area contributed by atoms with Crippen LogP contribution in [0.5, 0.6) is 0 Å². The molecular formula is C21H14Cl2N4S. The fourth-order valence-electron chi connectivity index (χ4n) is 3.18. The lowest BCUT2D eigenvalue weighted by Gasteiger charge is -2.15. The summed E-state index contributed by atoms with van der Waals surface area (Å²) >= 11 is 13.5. The molecule has 4 nitrogen and oxygen atoms in total. The van der Waals surface area contributed by atoms with Gasteiger partial charge in [-0.15, -0.1) is 11.8 Å². The summed E-state index contributed by atoms with van der Waals surface area (Å²) in [5.74, 6) is 0.473. The van der Waals surface area contributed by atoms with Crippen LogP contribution in [0.1, 0.15) is 5.56 Å². The molecule has 0 atom stereocenters. The van der Waals surface area contributed by atoms with Crippen molar-refractivity contribution in [2.45, 2.75) is 4.90 Å². The van der Waals surface area contributed by atoms with Gasteiger partial charge in [0.2, 0.25) is 0 Å². The van der Waals surface area contributed by atoms with E-state index in [2.05, 4.69) is 11.2 Å². The van der Waals surface area contributed by atoms with E-state index in [9.17, 15) is 5.26 Å². The molecule has 0 saturated heterocycles. The number of nitrogen functional groups attached to an aromatic ring is 1. The number of fused-ring (bicyclic) bond motifs is 1. The van der Waals surface area contributed by atoms with Crippen LogP contribution in [-0.2, 0) is 0 Å². The summed E-state index contributed by atoms with van der Waals surface area (Å²) in [6.45, 7) is 0. The second-order valence-electron chi connectivity index (χ2n) is 6.12. The van der Waals surface area contributed by atoms with Crippen molar-refractivity contribution in [1.82, 2.24) is 9.61 Å². The first-order valence-corrected chi connectivity index (χ1v) is 10.3. The third-order valence-electron chi connectivity index (χ3n) is 4.49. The number of nitrogens with two attached hydrogens (primary N) is 1. The summed E-state index contributed by atoms with van der Waals surface area (Å²) in [5.41, 5.74) is 11.0. The Morgan fingerprint density at radius 2 is 1.57 bits per heavy atom. The lowest BCUT2D eigenvalue weighted by molar-refractivity contribution is 0.969. The van der Waals surface area contributed by atoms with Crippen molar-refractivity contribution in [1.29, 1.82) is 5.26 Å². The zero-order chi connectivity index (χ0) is 19.8. The number of hydrogen-bond donors (Lipinski definition) is 1. The smallest absolute Gasteiger partial charge is 0.134 e. The summed E-state index contributed by atoms with van der Waals surface area (Å²) < 4.78 is 1.63. The van der Waals surface area contributed by atoms with Crippen LogP contribution < -0.4 is 5.73 Å². The van der Waals surface area contributed by atoms with Crippen LogP contribution in [0.4, 0.5) is 5.82 Å². The number of pyridine rings is 1. The van der Waals surface area contributed by atoms with E-state index in [0.717, 1.165) is 27.3 Å². The maximum Gasteiger partial charge on any atom is 0.134 e. The van der Waals surface area contributed by atoms with Gasteiger partial charge in [0, 0.05) is 26.1 Å². The van der Waals surface area contributed by atoms with Crippen molar-refractivity contribution in [2.24, 2.45) is 0 Å². The van der Waals surface area contributed by atoms with E-state index in [1.165, 1.54) is 11.8 Å². The van der Waals surface area contributed by atoms with Gasteiger partial charge in [-0.1, -0.05) is 47.5 Å². The molecule has 4 aromatic rings. The fraction of sp³-hybridized carbons (Fsp3) is 0.0476. The molecule has 138 valence electrons. The number of halogens is 2. The van der Waals surface area contributed by atoms with Gasteiger partial charge in [0.05, 0.1) is 16.8 Å². The molecule has 0 saturated carbocycles. The van der Waals surface area contributed by atoms with Gasteiger partial charge in [-0.05, 0) is 42.2 Å².